The van der Waals surface area contributed by atoms with Crippen LogP contribution >= 0.6 is 12.6 Å². The fourth-order valence-electron chi connectivity index (χ4n) is 1.10. The molecule has 0 amide bonds. The topological polar surface area (TPSA) is 18.5 Å². The molecule has 0 unspecified atom stereocenters. The standard InChI is InChI=1S/C7H15N3S/c1-8-6-4-9(2)10(3)5-7(6)11/h8,11H,4-5H2,1-3H3. The Bertz CT molecular complexity index is 179. The van der Waals surface area contributed by atoms with Gasteiger partial charge in [-0.1, -0.05) is 0 Å². The van der Waals surface area contributed by atoms with Crippen molar-refractivity contribution in [2.75, 3.05) is 34.2 Å². The predicted molar refractivity (Wildman–Crippen MR) is 50.3 cm³/mol. The highest BCUT2D eigenvalue weighted by atomic mass is 32.1. The normalized spacial score (nSPS) is 22.5. The molecule has 0 radical (unpaired) electrons. The molecule has 1 rings (SSSR count). The lowest BCUT2D eigenvalue weighted by molar-refractivity contribution is 0.0374. The van der Waals surface area contributed by atoms with E-state index in [1.807, 2.05) is 7.05 Å². The quantitative estimate of drug-likeness (QED) is 0.550. The molecule has 11 heavy (non-hydrogen) atoms. The molecule has 0 aromatic heterocycles. The Kier molecular flexibility index (Phi) is 2.81. The van der Waals surface area contributed by atoms with E-state index in [9.17, 15) is 0 Å². The highest BCUT2D eigenvalue weighted by Gasteiger charge is 2.16. The molecular formula is C7H15N3S. The van der Waals surface area contributed by atoms with Gasteiger partial charge in [-0.05, 0) is 0 Å². The highest BCUT2D eigenvalue weighted by molar-refractivity contribution is 7.84. The van der Waals surface area contributed by atoms with E-state index in [1.54, 1.807) is 0 Å². The second-order valence-corrected chi connectivity index (χ2v) is 3.35. The molecule has 0 aromatic carbocycles. The summed E-state index contributed by atoms with van der Waals surface area (Å²) in [6, 6.07) is 0. The molecule has 0 spiro atoms. The minimum absolute atomic E-state index is 0.899. The fraction of sp³-hybridized carbons (Fsp3) is 0.714. The van der Waals surface area contributed by atoms with E-state index in [4.69, 9.17) is 0 Å². The number of nitrogens with zero attached hydrogens (tertiary/aromatic N) is 2. The summed E-state index contributed by atoms with van der Waals surface area (Å²) in [7, 11) is 6.06. The Labute approximate surface area is 73.4 Å². The van der Waals surface area contributed by atoms with E-state index in [0.29, 0.717) is 0 Å². The van der Waals surface area contributed by atoms with Crippen molar-refractivity contribution in [2.45, 2.75) is 0 Å². The molecule has 1 aliphatic heterocycles. The van der Waals surface area contributed by atoms with Crippen LogP contribution in [0.5, 0.6) is 0 Å². The largest absolute Gasteiger partial charge is 0.390 e. The summed E-state index contributed by atoms with van der Waals surface area (Å²) < 4.78 is 0. The van der Waals surface area contributed by atoms with Gasteiger partial charge in [0.15, 0.2) is 0 Å². The van der Waals surface area contributed by atoms with Crippen LogP contribution in [-0.4, -0.2) is 44.3 Å². The van der Waals surface area contributed by atoms with Crippen molar-refractivity contribution in [2.24, 2.45) is 0 Å². The fourth-order valence-corrected chi connectivity index (χ4v) is 1.48. The first-order valence-electron chi connectivity index (χ1n) is 3.66. The molecule has 1 aliphatic rings. The van der Waals surface area contributed by atoms with Crippen LogP contribution in [0, 0.1) is 0 Å². The van der Waals surface area contributed by atoms with E-state index < -0.39 is 0 Å². The van der Waals surface area contributed by atoms with Crippen molar-refractivity contribution < 1.29 is 0 Å². The highest BCUT2D eigenvalue weighted by Crippen LogP contribution is 2.15. The summed E-state index contributed by atoms with van der Waals surface area (Å²) in [6.45, 7) is 1.82. The van der Waals surface area contributed by atoms with Gasteiger partial charge in [-0.15, -0.1) is 12.6 Å². The Morgan fingerprint density at radius 1 is 1.27 bits per heavy atom. The molecule has 0 bridgehead atoms. The third-order valence-electron chi connectivity index (χ3n) is 2.00. The number of hydrazine groups is 1. The van der Waals surface area contributed by atoms with Crippen LogP contribution in [0.3, 0.4) is 0 Å². The maximum Gasteiger partial charge on any atom is 0.0537 e. The first kappa shape index (κ1) is 8.90. The number of hydrogen-bond acceptors (Lipinski definition) is 4. The average Bonchev–Trinajstić information content (AvgIpc) is 1.97. The SMILES string of the molecule is CNC1=C(S)CN(C)N(C)C1. The van der Waals surface area contributed by atoms with Gasteiger partial charge in [-0.3, -0.25) is 0 Å². The minimum atomic E-state index is 0.899. The third kappa shape index (κ3) is 1.89. The molecule has 0 saturated heterocycles. The number of rotatable bonds is 1. The lowest BCUT2D eigenvalue weighted by Gasteiger charge is -2.34. The Morgan fingerprint density at radius 3 is 2.36 bits per heavy atom. The van der Waals surface area contributed by atoms with E-state index in [-0.39, 0.29) is 0 Å². The molecule has 0 saturated carbocycles. The summed E-state index contributed by atoms with van der Waals surface area (Å²) in [5.74, 6) is 0. The second kappa shape index (κ2) is 3.47. The maximum absolute atomic E-state index is 4.39. The monoisotopic (exact) mass is 173 g/mol. The van der Waals surface area contributed by atoms with E-state index >= 15 is 0 Å². The molecule has 1 heterocycles. The van der Waals surface area contributed by atoms with Crippen molar-refractivity contribution in [1.29, 1.82) is 0 Å². The maximum atomic E-state index is 4.39. The van der Waals surface area contributed by atoms with Crippen LogP contribution in [0.25, 0.3) is 0 Å². The zero-order valence-corrected chi connectivity index (χ0v) is 8.15. The molecule has 0 aromatic rings. The summed E-state index contributed by atoms with van der Waals surface area (Å²) in [4.78, 5) is 1.13. The van der Waals surface area contributed by atoms with Crippen LogP contribution in [-0.2, 0) is 0 Å². The number of nitrogens with one attached hydrogen (secondary N) is 1. The predicted octanol–water partition coefficient (Wildman–Crippen LogP) is 0.139. The van der Waals surface area contributed by atoms with Gasteiger partial charge in [0, 0.05) is 38.3 Å². The molecule has 0 fully saturated rings. The molecule has 3 nitrogen and oxygen atoms in total. The first-order valence-corrected chi connectivity index (χ1v) is 4.10. The van der Waals surface area contributed by atoms with Crippen molar-refractivity contribution in [3.05, 3.63) is 10.6 Å². The zero-order valence-electron chi connectivity index (χ0n) is 7.26. The third-order valence-corrected chi connectivity index (χ3v) is 2.41. The van der Waals surface area contributed by atoms with E-state index in [0.717, 1.165) is 18.0 Å². The van der Waals surface area contributed by atoms with Crippen LogP contribution in [0.4, 0.5) is 0 Å². The first-order chi connectivity index (χ1) is 5.15. The van der Waals surface area contributed by atoms with Gasteiger partial charge in [0.05, 0.1) is 6.54 Å². The number of hydrogen-bond donors (Lipinski definition) is 2. The zero-order chi connectivity index (χ0) is 8.43. The average molecular weight is 173 g/mol. The summed E-state index contributed by atoms with van der Waals surface area (Å²) in [5, 5.41) is 7.44. The van der Waals surface area contributed by atoms with Crippen LogP contribution in [0.2, 0.25) is 0 Å². The van der Waals surface area contributed by atoms with Gasteiger partial charge in [0.25, 0.3) is 0 Å². The summed E-state index contributed by atoms with van der Waals surface area (Å²) >= 11 is 4.39. The Hall–Kier alpha value is -0.190. The minimum Gasteiger partial charge on any atom is -0.390 e. The molecule has 64 valence electrons. The number of likely N-dealkylation sites (N-methyl/N-ethyl adjacent to an activating group) is 3. The van der Waals surface area contributed by atoms with E-state index in [1.165, 1.54) is 5.70 Å². The van der Waals surface area contributed by atoms with Crippen molar-refractivity contribution >= 4 is 12.6 Å². The summed E-state index contributed by atoms with van der Waals surface area (Å²) in [6.07, 6.45) is 0. The van der Waals surface area contributed by atoms with Crippen molar-refractivity contribution in [3.63, 3.8) is 0 Å². The lowest BCUT2D eigenvalue weighted by Crippen LogP contribution is -2.44. The van der Waals surface area contributed by atoms with Crippen molar-refractivity contribution in [3.8, 4) is 0 Å². The summed E-state index contributed by atoms with van der Waals surface area (Å²) in [5.41, 5.74) is 1.22. The van der Waals surface area contributed by atoms with Gasteiger partial charge >= 0.3 is 0 Å². The van der Waals surface area contributed by atoms with Gasteiger partial charge in [-0.25, -0.2) is 10.0 Å². The molecular weight excluding hydrogens is 158 g/mol. The Morgan fingerprint density at radius 2 is 1.82 bits per heavy atom. The van der Waals surface area contributed by atoms with Crippen LogP contribution in [0.15, 0.2) is 10.6 Å². The van der Waals surface area contributed by atoms with Gasteiger partial charge in [0.2, 0.25) is 0 Å². The smallest absolute Gasteiger partial charge is 0.0537 e. The second-order valence-electron chi connectivity index (χ2n) is 2.81. The van der Waals surface area contributed by atoms with Crippen LogP contribution < -0.4 is 5.32 Å². The van der Waals surface area contributed by atoms with E-state index in [2.05, 4.69) is 42.1 Å². The molecule has 4 heteroatoms. The lowest BCUT2D eigenvalue weighted by atomic mass is 10.3. The van der Waals surface area contributed by atoms with Crippen molar-refractivity contribution in [1.82, 2.24) is 15.3 Å². The van der Waals surface area contributed by atoms with Gasteiger partial charge < -0.3 is 5.32 Å². The molecule has 1 N–H and O–H groups in total. The van der Waals surface area contributed by atoms with Crippen LogP contribution in [0.1, 0.15) is 0 Å². The molecule has 0 aliphatic carbocycles. The van der Waals surface area contributed by atoms with Gasteiger partial charge in [0.1, 0.15) is 0 Å². The molecule has 0 atom stereocenters. The Balaban J connectivity index is 2.70. The number of thiol groups is 1. The van der Waals surface area contributed by atoms with Gasteiger partial charge in [-0.2, -0.15) is 0 Å².